The summed E-state index contributed by atoms with van der Waals surface area (Å²) in [7, 11) is 1.70. The fraction of sp³-hybridized carbons (Fsp3) is 0.250. The van der Waals surface area contributed by atoms with Gasteiger partial charge in [-0.1, -0.05) is 6.07 Å². The number of anilines is 1. The van der Waals surface area contributed by atoms with Crippen molar-refractivity contribution in [3.8, 4) is 5.75 Å². The first-order valence-corrected chi connectivity index (χ1v) is 6.78. The molecule has 0 amide bonds. The van der Waals surface area contributed by atoms with Gasteiger partial charge in [0.05, 0.1) is 12.8 Å². The van der Waals surface area contributed by atoms with Gasteiger partial charge < -0.3 is 4.74 Å². The van der Waals surface area contributed by atoms with Gasteiger partial charge in [0.1, 0.15) is 11.6 Å². The lowest BCUT2D eigenvalue weighted by Crippen LogP contribution is -2.13. The van der Waals surface area contributed by atoms with Crippen molar-refractivity contribution in [1.29, 1.82) is 0 Å². The van der Waals surface area contributed by atoms with Gasteiger partial charge in [0.15, 0.2) is 0 Å². The molecule has 1 aliphatic carbocycles. The lowest BCUT2D eigenvalue weighted by atomic mass is 9.90. The first-order chi connectivity index (χ1) is 9.86. The summed E-state index contributed by atoms with van der Waals surface area (Å²) in [6.45, 7) is 0. The number of aromatic nitrogens is 1. The second-order valence-electron chi connectivity index (χ2n) is 4.76. The summed E-state index contributed by atoms with van der Waals surface area (Å²) in [4.78, 5) is 4.21. The highest BCUT2D eigenvalue weighted by Crippen LogP contribution is 2.25. The van der Waals surface area contributed by atoms with Gasteiger partial charge in [-0.2, -0.15) is 5.10 Å². The molecule has 1 aromatic carbocycles. The topological polar surface area (TPSA) is 46.5 Å². The van der Waals surface area contributed by atoms with Crippen LogP contribution in [0.1, 0.15) is 24.0 Å². The van der Waals surface area contributed by atoms with Crippen molar-refractivity contribution in [2.45, 2.75) is 19.3 Å². The maximum Gasteiger partial charge on any atom is 0.146 e. The lowest BCUT2D eigenvalue weighted by molar-refractivity contribution is 0.414. The minimum absolute atomic E-state index is 0.764. The largest absolute Gasteiger partial charge is 0.497 e. The summed E-state index contributed by atoms with van der Waals surface area (Å²) in [6.07, 6.45) is 4.93. The van der Waals surface area contributed by atoms with Crippen LogP contribution in [0.15, 0.2) is 47.7 Å². The van der Waals surface area contributed by atoms with E-state index in [1.165, 1.54) is 11.1 Å². The van der Waals surface area contributed by atoms with E-state index in [4.69, 9.17) is 4.74 Å². The van der Waals surface area contributed by atoms with Crippen LogP contribution in [0, 0.1) is 0 Å². The van der Waals surface area contributed by atoms with E-state index in [1.807, 2.05) is 24.3 Å². The van der Waals surface area contributed by atoms with Gasteiger partial charge >= 0.3 is 0 Å². The van der Waals surface area contributed by atoms with Crippen molar-refractivity contribution < 1.29 is 4.74 Å². The van der Waals surface area contributed by atoms with Crippen LogP contribution < -0.4 is 10.2 Å². The third-order valence-electron chi connectivity index (χ3n) is 3.45. The number of benzene rings is 1. The van der Waals surface area contributed by atoms with Gasteiger partial charge in [-0.3, -0.25) is 5.43 Å². The Labute approximate surface area is 118 Å². The van der Waals surface area contributed by atoms with Crippen LogP contribution in [0.5, 0.6) is 5.75 Å². The summed E-state index contributed by atoms with van der Waals surface area (Å²) < 4.78 is 5.28. The molecule has 0 fully saturated rings. The fourth-order valence-corrected chi connectivity index (χ4v) is 2.44. The van der Waals surface area contributed by atoms with Gasteiger partial charge in [-0.05, 0) is 55.2 Å². The summed E-state index contributed by atoms with van der Waals surface area (Å²) in [5.41, 5.74) is 6.62. The van der Waals surface area contributed by atoms with E-state index < -0.39 is 0 Å². The molecule has 0 aliphatic heterocycles. The average molecular weight is 267 g/mol. The first kappa shape index (κ1) is 12.7. The van der Waals surface area contributed by atoms with E-state index in [2.05, 4.69) is 27.6 Å². The summed E-state index contributed by atoms with van der Waals surface area (Å²) in [5, 5.41) is 4.51. The Morgan fingerprint density at radius 3 is 2.95 bits per heavy atom. The summed E-state index contributed by atoms with van der Waals surface area (Å²) >= 11 is 0. The Bertz CT molecular complexity index is 623. The number of hydrazone groups is 1. The third kappa shape index (κ3) is 2.64. The monoisotopic (exact) mass is 267 g/mol. The van der Waals surface area contributed by atoms with Crippen molar-refractivity contribution in [3.05, 3.63) is 53.7 Å². The van der Waals surface area contributed by atoms with Crippen molar-refractivity contribution in [1.82, 2.24) is 4.98 Å². The second-order valence-corrected chi connectivity index (χ2v) is 4.76. The molecule has 1 aromatic heterocycles. The number of rotatable bonds is 3. The van der Waals surface area contributed by atoms with E-state index in [1.54, 1.807) is 13.3 Å². The molecule has 0 bridgehead atoms. The van der Waals surface area contributed by atoms with Crippen LogP contribution >= 0.6 is 0 Å². The molecule has 1 heterocycles. The third-order valence-corrected chi connectivity index (χ3v) is 3.45. The molecule has 0 saturated heterocycles. The SMILES string of the molecule is COc1ccc2c(c1)CCC/C2=N\Nc1ccccn1. The maximum absolute atomic E-state index is 5.28. The fourth-order valence-electron chi connectivity index (χ4n) is 2.44. The van der Waals surface area contributed by atoms with Crippen molar-refractivity contribution >= 4 is 11.5 Å². The zero-order chi connectivity index (χ0) is 13.8. The molecule has 0 saturated carbocycles. The van der Waals surface area contributed by atoms with Gasteiger partial charge in [0.25, 0.3) is 0 Å². The number of hydrogen-bond acceptors (Lipinski definition) is 4. The number of nitrogens with zero attached hydrogens (tertiary/aromatic N) is 2. The molecular weight excluding hydrogens is 250 g/mol. The molecular formula is C16H17N3O. The number of ether oxygens (including phenoxy) is 1. The smallest absolute Gasteiger partial charge is 0.146 e. The Hall–Kier alpha value is -2.36. The zero-order valence-electron chi connectivity index (χ0n) is 11.5. The minimum atomic E-state index is 0.764. The molecule has 3 rings (SSSR count). The van der Waals surface area contributed by atoms with E-state index in [-0.39, 0.29) is 0 Å². The van der Waals surface area contributed by atoms with Crippen LogP contribution in [0.3, 0.4) is 0 Å². The van der Waals surface area contributed by atoms with Gasteiger partial charge in [-0.15, -0.1) is 0 Å². The number of methoxy groups -OCH3 is 1. The number of fused-ring (bicyclic) bond motifs is 1. The van der Waals surface area contributed by atoms with Crippen molar-refractivity contribution in [2.75, 3.05) is 12.5 Å². The average Bonchev–Trinajstić information content (AvgIpc) is 2.53. The Morgan fingerprint density at radius 1 is 1.20 bits per heavy atom. The van der Waals surface area contributed by atoms with E-state index in [0.717, 1.165) is 36.5 Å². The van der Waals surface area contributed by atoms with Crippen LogP contribution in [0.4, 0.5) is 5.82 Å². The zero-order valence-corrected chi connectivity index (χ0v) is 11.5. The maximum atomic E-state index is 5.28. The Morgan fingerprint density at radius 2 is 2.15 bits per heavy atom. The van der Waals surface area contributed by atoms with Crippen LogP contribution in [-0.2, 0) is 6.42 Å². The molecule has 2 aromatic rings. The van der Waals surface area contributed by atoms with Crippen molar-refractivity contribution in [2.24, 2.45) is 5.10 Å². The second kappa shape index (κ2) is 5.74. The number of hydrogen-bond donors (Lipinski definition) is 1. The van der Waals surface area contributed by atoms with Gasteiger partial charge in [0, 0.05) is 11.8 Å². The molecule has 0 unspecified atom stereocenters. The lowest BCUT2D eigenvalue weighted by Gasteiger charge is -2.18. The van der Waals surface area contributed by atoms with Crippen molar-refractivity contribution in [3.63, 3.8) is 0 Å². The van der Waals surface area contributed by atoms with Crippen LogP contribution in [0.25, 0.3) is 0 Å². The van der Waals surface area contributed by atoms with Gasteiger partial charge in [-0.25, -0.2) is 4.98 Å². The highest BCUT2D eigenvalue weighted by atomic mass is 16.5. The van der Waals surface area contributed by atoms with Crippen LogP contribution in [-0.4, -0.2) is 17.8 Å². The molecule has 1 N–H and O–H groups in total. The molecule has 20 heavy (non-hydrogen) atoms. The molecule has 0 spiro atoms. The molecule has 1 aliphatic rings. The van der Waals surface area contributed by atoms with E-state index in [0.29, 0.717) is 0 Å². The summed E-state index contributed by atoms with van der Waals surface area (Å²) in [6, 6.07) is 11.9. The van der Waals surface area contributed by atoms with E-state index in [9.17, 15) is 0 Å². The predicted octanol–water partition coefficient (Wildman–Crippen LogP) is 3.24. The predicted molar refractivity (Wildman–Crippen MR) is 80.3 cm³/mol. The standard InChI is InChI=1S/C16H17N3O/c1-20-13-8-9-14-12(11-13)5-4-6-15(14)18-19-16-7-2-3-10-17-16/h2-3,7-11H,4-6H2,1H3,(H,17,19)/b18-15+. The Kier molecular flexibility index (Phi) is 3.63. The van der Waals surface area contributed by atoms with E-state index >= 15 is 0 Å². The molecule has 4 heteroatoms. The number of pyridine rings is 1. The molecule has 0 atom stereocenters. The normalized spacial score (nSPS) is 15.8. The van der Waals surface area contributed by atoms with Crippen LogP contribution in [0.2, 0.25) is 0 Å². The van der Waals surface area contributed by atoms with Gasteiger partial charge in [0.2, 0.25) is 0 Å². The summed E-state index contributed by atoms with van der Waals surface area (Å²) in [5.74, 6) is 1.67. The number of aryl methyl sites for hydroxylation is 1. The molecule has 4 nitrogen and oxygen atoms in total. The molecule has 102 valence electrons. The minimum Gasteiger partial charge on any atom is -0.497 e. The first-order valence-electron chi connectivity index (χ1n) is 6.78. The molecule has 0 radical (unpaired) electrons. The highest BCUT2D eigenvalue weighted by Gasteiger charge is 2.16. The number of nitrogens with one attached hydrogen (secondary N) is 1. The Balaban J connectivity index is 1.86. The highest BCUT2D eigenvalue weighted by molar-refractivity contribution is 6.03. The quantitative estimate of drug-likeness (QED) is 0.868.